The van der Waals surface area contributed by atoms with Gasteiger partial charge in [-0.25, -0.2) is 4.79 Å². The van der Waals surface area contributed by atoms with Crippen molar-refractivity contribution in [3.8, 4) is 0 Å². The van der Waals surface area contributed by atoms with Crippen molar-refractivity contribution in [1.82, 2.24) is 4.90 Å². The Morgan fingerprint density at radius 2 is 1.85 bits per heavy atom. The van der Waals surface area contributed by atoms with Gasteiger partial charge in [0, 0.05) is 31.7 Å². The van der Waals surface area contributed by atoms with Crippen LogP contribution in [0.25, 0.3) is 0 Å². The highest BCUT2D eigenvalue weighted by molar-refractivity contribution is 5.71. The molecule has 2 rings (SSSR count). The maximum Gasteiger partial charge on any atom is 0.410 e. The van der Waals surface area contributed by atoms with Gasteiger partial charge in [-0.3, -0.25) is 20.2 Å². The van der Waals surface area contributed by atoms with Crippen LogP contribution in [0.3, 0.4) is 0 Å². The number of nitro benzene ring substituents is 2. The van der Waals surface area contributed by atoms with E-state index in [1.165, 1.54) is 12.1 Å². The zero-order valence-electron chi connectivity index (χ0n) is 15.2. The first-order valence-corrected chi connectivity index (χ1v) is 8.17. The quantitative estimate of drug-likeness (QED) is 0.596. The molecule has 0 N–H and O–H groups in total. The topological polar surface area (TPSA) is 119 Å². The summed E-state index contributed by atoms with van der Waals surface area (Å²) >= 11 is 0. The van der Waals surface area contributed by atoms with E-state index in [2.05, 4.69) is 0 Å². The normalized spacial score (nSPS) is 17.8. The number of nitro groups is 2. The molecule has 0 spiro atoms. The van der Waals surface area contributed by atoms with Gasteiger partial charge in [0.15, 0.2) is 0 Å². The van der Waals surface area contributed by atoms with Crippen LogP contribution in [-0.4, -0.2) is 52.1 Å². The Balaban J connectivity index is 2.19. The summed E-state index contributed by atoms with van der Waals surface area (Å²) in [5.41, 5.74) is -0.959. The summed E-state index contributed by atoms with van der Waals surface area (Å²) in [4.78, 5) is 36.5. The number of amides is 1. The molecule has 10 nitrogen and oxygen atoms in total. The summed E-state index contributed by atoms with van der Waals surface area (Å²) < 4.78 is 5.38. The second kappa shape index (κ2) is 7.14. The molecule has 1 fully saturated rings. The standard InChI is InChI=1S/C16H22N4O6/c1-11-10-17(7-8-18(11)15(21)26-16(2,3)4)13-6-5-12(19(22)23)9-14(13)20(24)25/h5-6,9,11H,7-8,10H2,1-4H3/t11-/m1/s1. The number of ether oxygens (including phenoxy) is 1. The van der Waals surface area contributed by atoms with Gasteiger partial charge >= 0.3 is 6.09 Å². The summed E-state index contributed by atoms with van der Waals surface area (Å²) in [6.07, 6.45) is -0.428. The van der Waals surface area contributed by atoms with Crippen molar-refractivity contribution in [2.24, 2.45) is 0 Å². The Hall–Kier alpha value is -2.91. The fourth-order valence-electron chi connectivity index (χ4n) is 2.81. The first-order chi connectivity index (χ1) is 12.0. The van der Waals surface area contributed by atoms with Gasteiger partial charge in [0.05, 0.1) is 15.9 Å². The first kappa shape index (κ1) is 19.4. The number of nitrogens with zero attached hydrogens (tertiary/aromatic N) is 4. The van der Waals surface area contributed by atoms with E-state index in [1.807, 2.05) is 6.92 Å². The Morgan fingerprint density at radius 3 is 2.35 bits per heavy atom. The largest absolute Gasteiger partial charge is 0.444 e. The third-order valence-corrected chi connectivity index (χ3v) is 3.96. The van der Waals surface area contributed by atoms with Crippen molar-refractivity contribution in [3.63, 3.8) is 0 Å². The molecule has 10 heteroatoms. The number of rotatable bonds is 3. The number of carbonyl (C=O) groups is 1. The van der Waals surface area contributed by atoms with Crippen molar-refractivity contribution < 1.29 is 19.4 Å². The van der Waals surface area contributed by atoms with E-state index in [9.17, 15) is 25.0 Å². The molecule has 0 unspecified atom stereocenters. The first-order valence-electron chi connectivity index (χ1n) is 8.17. The molecule has 1 aliphatic heterocycles. The van der Waals surface area contributed by atoms with Crippen molar-refractivity contribution in [1.29, 1.82) is 0 Å². The molecule has 0 aromatic heterocycles. The second-order valence-electron chi connectivity index (χ2n) is 7.16. The van der Waals surface area contributed by atoms with Crippen LogP contribution in [0.15, 0.2) is 18.2 Å². The van der Waals surface area contributed by atoms with E-state index in [0.717, 1.165) is 6.07 Å². The molecule has 0 bridgehead atoms. The summed E-state index contributed by atoms with van der Waals surface area (Å²) in [6.45, 7) is 8.24. The van der Waals surface area contributed by atoms with Crippen molar-refractivity contribution in [3.05, 3.63) is 38.4 Å². The number of benzene rings is 1. The SMILES string of the molecule is C[C@@H]1CN(c2ccc([N+](=O)[O-])cc2[N+](=O)[O-])CCN1C(=O)OC(C)(C)C. The average Bonchev–Trinajstić information content (AvgIpc) is 2.52. The van der Waals surface area contributed by atoms with Gasteiger partial charge in [-0.15, -0.1) is 0 Å². The predicted octanol–water partition coefficient (Wildman–Crippen LogP) is 2.95. The second-order valence-corrected chi connectivity index (χ2v) is 7.16. The molecule has 142 valence electrons. The van der Waals surface area contributed by atoms with E-state index in [4.69, 9.17) is 4.74 Å². The highest BCUT2D eigenvalue weighted by Gasteiger charge is 2.33. The zero-order valence-corrected chi connectivity index (χ0v) is 15.2. The predicted molar refractivity (Wildman–Crippen MR) is 94.4 cm³/mol. The number of piperazine rings is 1. The number of hydrogen-bond acceptors (Lipinski definition) is 7. The number of anilines is 1. The van der Waals surface area contributed by atoms with Crippen molar-refractivity contribution in [2.45, 2.75) is 39.3 Å². The van der Waals surface area contributed by atoms with E-state index < -0.39 is 21.5 Å². The minimum atomic E-state index is -0.667. The van der Waals surface area contributed by atoms with Gasteiger partial charge in [0.25, 0.3) is 11.4 Å². The lowest BCUT2D eigenvalue weighted by Gasteiger charge is -2.40. The maximum absolute atomic E-state index is 12.3. The summed E-state index contributed by atoms with van der Waals surface area (Å²) in [6, 6.07) is 3.35. The minimum Gasteiger partial charge on any atom is -0.444 e. The molecule has 1 heterocycles. The molecule has 1 saturated heterocycles. The van der Waals surface area contributed by atoms with Crippen molar-refractivity contribution >= 4 is 23.2 Å². The third-order valence-electron chi connectivity index (χ3n) is 3.96. The van der Waals surface area contributed by atoms with Gasteiger partial charge in [-0.05, 0) is 33.8 Å². The Kier molecular flexibility index (Phi) is 5.33. The van der Waals surface area contributed by atoms with Crippen LogP contribution in [0, 0.1) is 20.2 Å². The van der Waals surface area contributed by atoms with E-state index in [1.54, 1.807) is 30.6 Å². The summed E-state index contributed by atoms with van der Waals surface area (Å²) in [5, 5.41) is 22.2. The van der Waals surface area contributed by atoms with Gasteiger partial charge in [-0.2, -0.15) is 0 Å². The molecule has 26 heavy (non-hydrogen) atoms. The molecule has 1 aromatic carbocycles. The van der Waals surface area contributed by atoms with Crippen LogP contribution in [0.4, 0.5) is 21.9 Å². The van der Waals surface area contributed by atoms with Gasteiger partial charge in [0.2, 0.25) is 0 Å². The molecular weight excluding hydrogens is 344 g/mol. The Morgan fingerprint density at radius 1 is 1.19 bits per heavy atom. The van der Waals surface area contributed by atoms with Gasteiger partial charge < -0.3 is 14.5 Å². The highest BCUT2D eigenvalue weighted by Crippen LogP contribution is 2.33. The van der Waals surface area contributed by atoms with Crippen LogP contribution in [0.5, 0.6) is 0 Å². The average molecular weight is 366 g/mol. The van der Waals surface area contributed by atoms with E-state index >= 15 is 0 Å². The number of hydrogen-bond donors (Lipinski definition) is 0. The van der Waals surface area contributed by atoms with Gasteiger partial charge in [-0.1, -0.05) is 0 Å². The smallest absolute Gasteiger partial charge is 0.410 e. The minimum absolute atomic E-state index is 0.228. The Labute approximate surface area is 150 Å². The lowest BCUT2D eigenvalue weighted by atomic mass is 10.1. The molecule has 0 radical (unpaired) electrons. The van der Waals surface area contributed by atoms with Crippen LogP contribution >= 0.6 is 0 Å². The lowest BCUT2D eigenvalue weighted by molar-refractivity contribution is -0.393. The number of carbonyl (C=O) groups excluding carboxylic acids is 1. The summed E-state index contributed by atoms with van der Waals surface area (Å²) in [5.74, 6) is 0. The molecule has 0 aliphatic carbocycles. The Bertz CT molecular complexity index is 730. The zero-order chi connectivity index (χ0) is 19.6. The third kappa shape index (κ3) is 4.38. The van der Waals surface area contributed by atoms with Crippen molar-refractivity contribution in [2.75, 3.05) is 24.5 Å². The maximum atomic E-state index is 12.3. The van der Waals surface area contributed by atoms with Crippen LogP contribution in [0.1, 0.15) is 27.7 Å². The molecule has 1 aromatic rings. The molecule has 1 atom stereocenters. The molecule has 1 amide bonds. The lowest BCUT2D eigenvalue weighted by Crippen LogP contribution is -2.55. The number of non-ortho nitro benzene ring substituents is 1. The molecular formula is C16H22N4O6. The van der Waals surface area contributed by atoms with Crippen LogP contribution in [-0.2, 0) is 4.74 Å². The van der Waals surface area contributed by atoms with Crippen LogP contribution in [0.2, 0.25) is 0 Å². The highest BCUT2D eigenvalue weighted by atomic mass is 16.6. The molecule has 0 saturated carbocycles. The van der Waals surface area contributed by atoms with E-state index in [0.29, 0.717) is 25.3 Å². The van der Waals surface area contributed by atoms with Gasteiger partial charge in [0.1, 0.15) is 11.3 Å². The monoisotopic (exact) mass is 366 g/mol. The fourth-order valence-corrected chi connectivity index (χ4v) is 2.81. The fraction of sp³-hybridized carbons (Fsp3) is 0.562. The molecule has 1 aliphatic rings. The van der Waals surface area contributed by atoms with Crippen LogP contribution < -0.4 is 4.90 Å². The van der Waals surface area contributed by atoms with E-state index in [-0.39, 0.29) is 17.4 Å². The summed E-state index contributed by atoms with van der Waals surface area (Å²) in [7, 11) is 0.